The number of anilines is 1. The van der Waals surface area contributed by atoms with Gasteiger partial charge in [0.25, 0.3) is 5.91 Å². The van der Waals surface area contributed by atoms with Gasteiger partial charge in [-0.05, 0) is 30.3 Å². The quantitative estimate of drug-likeness (QED) is 0.854. The molecule has 0 aliphatic rings. The van der Waals surface area contributed by atoms with Gasteiger partial charge in [0.05, 0.1) is 11.1 Å². The van der Waals surface area contributed by atoms with Crippen LogP contribution in [0.4, 0.5) is 5.69 Å². The van der Waals surface area contributed by atoms with Crippen molar-refractivity contribution in [2.45, 2.75) is 0 Å². The van der Waals surface area contributed by atoms with Gasteiger partial charge in [0.15, 0.2) is 0 Å². The van der Waals surface area contributed by atoms with Crippen LogP contribution in [0.2, 0.25) is 0 Å². The highest BCUT2D eigenvalue weighted by molar-refractivity contribution is 6.10. The molecule has 2 aromatic rings. The van der Waals surface area contributed by atoms with Gasteiger partial charge in [0, 0.05) is 16.8 Å². The zero-order valence-electron chi connectivity index (χ0n) is 11.5. The number of carbonyl (C=O) groups excluding carboxylic acids is 1. The third-order valence-corrected chi connectivity index (χ3v) is 2.93. The van der Waals surface area contributed by atoms with Gasteiger partial charge in [-0.15, -0.1) is 12.8 Å². The van der Waals surface area contributed by atoms with Crippen LogP contribution in [-0.4, -0.2) is 17.0 Å². The molecule has 0 radical (unpaired) electrons. The lowest BCUT2D eigenvalue weighted by Crippen LogP contribution is -2.16. The van der Waals surface area contributed by atoms with E-state index in [1.165, 1.54) is 12.1 Å². The van der Waals surface area contributed by atoms with Gasteiger partial charge in [0.1, 0.15) is 0 Å². The minimum Gasteiger partial charge on any atom is -0.478 e. The number of carboxylic acid groups (broad SMARTS) is 1. The van der Waals surface area contributed by atoms with E-state index in [1.54, 1.807) is 30.3 Å². The Morgan fingerprint density at radius 3 is 2.00 bits per heavy atom. The second-order valence-electron chi connectivity index (χ2n) is 4.39. The molecule has 0 atom stereocenters. The number of nitrogens with one attached hydrogen (secondary N) is 1. The zero-order valence-corrected chi connectivity index (χ0v) is 11.5. The van der Waals surface area contributed by atoms with Crippen LogP contribution in [0.15, 0.2) is 42.5 Å². The minimum absolute atomic E-state index is 0.0587. The maximum atomic E-state index is 12.3. The van der Waals surface area contributed by atoms with E-state index < -0.39 is 11.9 Å². The molecule has 0 heterocycles. The van der Waals surface area contributed by atoms with Gasteiger partial charge < -0.3 is 10.4 Å². The van der Waals surface area contributed by atoms with Crippen molar-refractivity contribution in [2.24, 2.45) is 0 Å². The Labute approximate surface area is 127 Å². The van der Waals surface area contributed by atoms with Crippen LogP contribution in [0.5, 0.6) is 0 Å². The third kappa shape index (κ3) is 3.15. The second kappa shape index (κ2) is 6.30. The summed E-state index contributed by atoms with van der Waals surface area (Å²) < 4.78 is 0. The maximum Gasteiger partial charge on any atom is 0.336 e. The Morgan fingerprint density at radius 2 is 1.50 bits per heavy atom. The summed E-state index contributed by atoms with van der Waals surface area (Å²) in [6.07, 6.45) is 10.7. The molecule has 0 aliphatic heterocycles. The zero-order chi connectivity index (χ0) is 16.1. The molecular formula is C18H11NO3. The van der Waals surface area contributed by atoms with Crippen molar-refractivity contribution in [3.63, 3.8) is 0 Å². The summed E-state index contributed by atoms with van der Waals surface area (Å²) in [5, 5.41) is 11.7. The van der Waals surface area contributed by atoms with Gasteiger partial charge in [0.2, 0.25) is 0 Å². The first-order chi connectivity index (χ1) is 10.5. The van der Waals surface area contributed by atoms with Crippen molar-refractivity contribution in [2.75, 3.05) is 5.32 Å². The lowest BCUT2D eigenvalue weighted by molar-refractivity contribution is 0.0692. The van der Waals surface area contributed by atoms with Gasteiger partial charge in [-0.2, -0.15) is 0 Å². The molecule has 2 N–H and O–H groups in total. The van der Waals surface area contributed by atoms with Crippen molar-refractivity contribution in [3.8, 4) is 24.7 Å². The highest BCUT2D eigenvalue weighted by Gasteiger charge is 2.16. The number of aromatic carboxylic acids is 1. The molecule has 0 unspecified atom stereocenters. The monoisotopic (exact) mass is 289 g/mol. The van der Waals surface area contributed by atoms with E-state index >= 15 is 0 Å². The number of terminal acetylenes is 2. The molecule has 2 rings (SSSR count). The van der Waals surface area contributed by atoms with E-state index in [4.69, 9.17) is 18.0 Å². The summed E-state index contributed by atoms with van der Waals surface area (Å²) in [5.74, 6) is 3.17. The highest BCUT2D eigenvalue weighted by Crippen LogP contribution is 2.17. The van der Waals surface area contributed by atoms with Crippen LogP contribution >= 0.6 is 0 Å². The van der Waals surface area contributed by atoms with Crippen LogP contribution in [0, 0.1) is 24.7 Å². The van der Waals surface area contributed by atoms with Crippen LogP contribution in [0.3, 0.4) is 0 Å². The number of hydrogen-bond donors (Lipinski definition) is 2. The summed E-state index contributed by atoms with van der Waals surface area (Å²) in [6, 6.07) is 10.8. The third-order valence-electron chi connectivity index (χ3n) is 2.93. The predicted octanol–water partition coefficient (Wildman–Crippen LogP) is 2.60. The molecule has 1 amide bonds. The fourth-order valence-corrected chi connectivity index (χ4v) is 1.93. The fraction of sp³-hybridized carbons (Fsp3) is 0. The van der Waals surface area contributed by atoms with Gasteiger partial charge in [-0.1, -0.05) is 24.0 Å². The lowest BCUT2D eigenvalue weighted by Gasteiger charge is -2.09. The number of hydrogen-bond acceptors (Lipinski definition) is 2. The maximum absolute atomic E-state index is 12.3. The van der Waals surface area contributed by atoms with Crippen LogP contribution in [0.1, 0.15) is 31.8 Å². The van der Waals surface area contributed by atoms with Crippen LogP contribution < -0.4 is 5.32 Å². The minimum atomic E-state index is -1.17. The molecular weight excluding hydrogens is 278 g/mol. The predicted molar refractivity (Wildman–Crippen MR) is 83.7 cm³/mol. The van der Waals surface area contributed by atoms with E-state index in [1.807, 2.05) is 0 Å². The molecule has 2 aromatic carbocycles. The lowest BCUT2D eigenvalue weighted by atomic mass is 10.1. The Kier molecular flexibility index (Phi) is 4.27. The number of benzene rings is 2. The number of carbonyl (C=O) groups is 2. The highest BCUT2D eigenvalue weighted by atomic mass is 16.4. The average molecular weight is 289 g/mol. The molecule has 0 saturated carbocycles. The summed E-state index contributed by atoms with van der Waals surface area (Å²) in [4.78, 5) is 23.4. The topological polar surface area (TPSA) is 66.4 Å². The summed E-state index contributed by atoms with van der Waals surface area (Å²) in [7, 11) is 0. The van der Waals surface area contributed by atoms with Crippen molar-refractivity contribution < 1.29 is 14.7 Å². The Balaban J connectivity index is 2.37. The molecule has 0 fully saturated rings. The van der Waals surface area contributed by atoms with E-state index in [-0.39, 0.29) is 11.1 Å². The second-order valence-corrected chi connectivity index (χ2v) is 4.39. The molecule has 0 saturated heterocycles. The first-order valence-electron chi connectivity index (χ1n) is 6.27. The first kappa shape index (κ1) is 14.9. The number of carboxylic acids is 1. The van der Waals surface area contributed by atoms with Crippen LogP contribution in [-0.2, 0) is 0 Å². The van der Waals surface area contributed by atoms with E-state index in [9.17, 15) is 9.59 Å². The Morgan fingerprint density at radius 1 is 0.955 bits per heavy atom. The van der Waals surface area contributed by atoms with E-state index in [2.05, 4.69) is 17.2 Å². The molecule has 0 spiro atoms. The molecule has 0 aliphatic carbocycles. The van der Waals surface area contributed by atoms with Crippen molar-refractivity contribution >= 4 is 17.6 Å². The van der Waals surface area contributed by atoms with Crippen molar-refractivity contribution in [1.82, 2.24) is 0 Å². The summed E-state index contributed by atoms with van der Waals surface area (Å²) in [6.45, 7) is 0. The normalized spacial score (nSPS) is 9.36. The van der Waals surface area contributed by atoms with Gasteiger partial charge in [-0.3, -0.25) is 4.79 Å². The smallest absolute Gasteiger partial charge is 0.336 e. The molecule has 0 aromatic heterocycles. The largest absolute Gasteiger partial charge is 0.478 e. The van der Waals surface area contributed by atoms with Crippen molar-refractivity contribution in [3.05, 3.63) is 64.7 Å². The molecule has 0 bridgehead atoms. The Bertz CT molecular complexity index is 806. The fourth-order valence-electron chi connectivity index (χ4n) is 1.93. The SMILES string of the molecule is C#Cc1cc(C#C)cc(NC(=O)c2ccccc2C(=O)O)c1. The molecule has 22 heavy (non-hydrogen) atoms. The number of amides is 1. The molecule has 4 nitrogen and oxygen atoms in total. The standard InChI is InChI=1S/C18H11NO3/c1-3-12-9-13(4-2)11-14(10-12)19-17(20)15-7-5-6-8-16(15)18(21)22/h1-2,5-11H,(H,19,20)(H,21,22). The molecule has 4 heteroatoms. The van der Waals surface area contributed by atoms with E-state index in [0.29, 0.717) is 16.8 Å². The van der Waals surface area contributed by atoms with Crippen LogP contribution in [0.25, 0.3) is 0 Å². The van der Waals surface area contributed by atoms with Gasteiger partial charge >= 0.3 is 5.97 Å². The first-order valence-corrected chi connectivity index (χ1v) is 6.27. The average Bonchev–Trinajstić information content (AvgIpc) is 2.54. The van der Waals surface area contributed by atoms with Gasteiger partial charge in [-0.25, -0.2) is 4.79 Å². The summed E-state index contributed by atoms with van der Waals surface area (Å²) in [5.41, 5.74) is 1.44. The van der Waals surface area contributed by atoms with Crippen molar-refractivity contribution in [1.29, 1.82) is 0 Å². The van der Waals surface area contributed by atoms with E-state index in [0.717, 1.165) is 0 Å². The Hall–Kier alpha value is -3.50. The summed E-state index contributed by atoms with van der Waals surface area (Å²) >= 11 is 0. The molecule has 106 valence electrons. The number of rotatable bonds is 3.